The van der Waals surface area contributed by atoms with Crippen molar-refractivity contribution in [3.63, 3.8) is 0 Å². The lowest BCUT2D eigenvalue weighted by Crippen LogP contribution is -2.20. The van der Waals surface area contributed by atoms with Gasteiger partial charge in [-0.25, -0.2) is 14.1 Å². The molecule has 4 N–H and O–H groups in total. The molecule has 3 aromatic heterocycles. The number of hydrogen-bond donors (Lipinski definition) is 2. The van der Waals surface area contributed by atoms with E-state index < -0.39 is 23.5 Å². The second-order valence-corrected chi connectivity index (χ2v) is 6.33. The minimum atomic E-state index is -0.922. The molecule has 0 aliphatic carbocycles. The van der Waals surface area contributed by atoms with Crippen molar-refractivity contribution in [3.05, 3.63) is 83.8 Å². The van der Waals surface area contributed by atoms with Gasteiger partial charge in [0.05, 0.1) is 29.1 Å². The maximum absolute atomic E-state index is 13.7. The molecule has 3 heterocycles. The number of rotatable bonds is 5. The molecule has 1 aromatic carbocycles. The van der Waals surface area contributed by atoms with Gasteiger partial charge >= 0.3 is 0 Å². The van der Waals surface area contributed by atoms with Gasteiger partial charge in [-0.05, 0) is 30.3 Å². The van der Waals surface area contributed by atoms with Crippen LogP contribution in [0.1, 0.15) is 27.9 Å². The third kappa shape index (κ3) is 3.21. The number of primary amides is 1. The van der Waals surface area contributed by atoms with Crippen molar-refractivity contribution >= 4 is 16.8 Å². The van der Waals surface area contributed by atoms with Crippen LogP contribution >= 0.6 is 0 Å². The molecular weight excluding hydrogens is 359 g/mol. The molecule has 8 heteroatoms. The summed E-state index contributed by atoms with van der Waals surface area (Å²) in [7, 11) is 0. The summed E-state index contributed by atoms with van der Waals surface area (Å²) in [6.45, 7) is 0. The summed E-state index contributed by atoms with van der Waals surface area (Å²) in [6, 6.07) is 13.6. The number of carbonyl (C=O) groups is 1. The van der Waals surface area contributed by atoms with E-state index >= 15 is 0 Å². The lowest BCUT2D eigenvalue weighted by atomic mass is 10.1. The van der Waals surface area contributed by atoms with E-state index in [1.807, 2.05) is 36.4 Å². The summed E-state index contributed by atoms with van der Waals surface area (Å²) in [5, 5.41) is 5.46. The van der Waals surface area contributed by atoms with E-state index in [9.17, 15) is 9.18 Å². The lowest BCUT2D eigenvalue weighted by Gasteiger charge is -2.16. The molecule has 0 saturated heterocycles. The number of nitrogens with two attached hydrogens (primary N) is 2. The van der Waals surface area contributed by atoms with Gasteiger partial charge in [0, 0.05) is 23.7 Å². The Bertz CT molecular complexity index is 1170. The van der Waals surface area contributed by atoms with Crippen molar-refractivity contribution in [3.8, 4) is 5.69 Å². The number of carbonyl (C=O) groups excluding carboxylic acids is 1. The highest BCUT2D eigenvalue weighted by Gasteiger charge is 2.18. The normalized spacial score (nSPS) is 12.2. The number of aromatic nitrogens is 4. The maximum Gasteiger partial charge on any atom is 0.270 e. The van der Waals surface area contributed by atoms with Crippen LogP contribution in [0.25, 0.3) is 16.6 Å². The Hall–Kier alpha value is -3.65. The average molecular weight is 376 g/mol. The number of halogens is 1. The van der Waals surface area contributed by atoms with Crippen LogP contribution in [0.4, 0.5) is 4.39 Å². The van der Waals surface area contributed by atoms with E-state index in [4.69, 9.17) is 11.5 Å². The van der Waals surface area contributed by atoms with Crippen LogP contribution in [0, 0.1) is 5.82 Å². The molecule has 4 aromatic rings. The lowest BCUT2D eigenvalue weighted by molar-refractivity contribution is 0.0991. The monoisotopic (exact) mass is 376 g/mol. The van der Waals surface area contributed by atoms with Crippen molar-refractivity contribution in [1.82, 2.24) is 19.7 Å². The predicted octanol–water partition coefficient (Wildman–Crippen LogP) is 2.30. The molecule has 140 valence electrons. The summed E-state index contributed by atoms with van der Waals surface area (Å²) in [5.41, 5.74) is 13.9. The van der Waals surface area contributed by atoms with Gasteiger partial charge in [0.25, 0.3) is 5.91 Å². The Labute approximate surface area is 159 Å². The van der Waals surface area contributed by atoms with Crippen LogP contribution in [0.2, 0.25) is 0 Å². The number of nitrogens with zero attached hydrogens (tertiary/aromatic N) is 4. The summed E-state index contributed by atoms with van der Waals surface area (Å²) < 4.78 is 15.4. The molecule has 0 radical (unpaired) electrons. The number of fused-ring (bicyclic) bond motifs is 1. The topological polar surface area (TPSA) is 113 Å². The van der Waals surface area contributed by atoms with Crippen molar-refractivity contribution in [2.75, 3.05) is 0 Å². The molecule has 4 rings (SSSR count). The molecular formula is C20H17FN6O. The van der Waals surface area contributed by atoms with Gasteiger partial charge < -0.3 is 11.5 Å². The molecule has 0 aliphatic rings. The second-order valence-electron chi connectivity index (χ2n) is 6.33. The molecule has 28 heavy (non-hydrogen) atoms. The fourth-order valence-electron chi connectivity index (χ4n) is 3.13. The van der Waals surface area contributed by atoms with Gasteiger partial charge in [-0.2, -0.15) is 5.10 Å². The van der Waals surface area contributed by atoms with E-state index in [1.165, 1.54) is 6.07 Å². The van der Waals surface area contributed by atoms with Crippen LogP contribution in [0.3, 0.4) is 0 Å². The third-order valence-corrected chi connectivity index (χ3v) is 4.44. The first-order valence-electron chi connectivity index (χ1n) is 8.63. The Kier molecular flexibility index (Phi) is 4.54. The highest BCUT2D eigenvalue weighted by Crippen LogP contribution is 2.24. The number of pyridine rings is 2. The van der Waals surface area contributed by atoms with Crippen molar-refractivity contribution < 1.29 is 9.18 Å². The maximum atomic E-state index is 13.7. The van der Waals surface area contributed by atoms with E-state index in [0.29, 0.717) is 11.4 Å². The fourth-order valence-corrected chi connectivity index (χ4v) is 3.13. The van der Waals surface area contributed by atoms with Crippen molar-refractivity contribution in [1.29, 1.82) is 0 Å². The number of para-hydroxylation sites is 1. The minimum Gasteiger partial charge on any atom is -0.364 e. The fraction of sp³-hybridized carbons (Fsp3) is 0.100. The highest BCUT2D eigenvalue weighted by molar-refractivity contribution is 5.91. The Morgan fingerprint density at radius 3 is 2.79 bits per heavy atom. The first kappa shape index (κ1) is 17.7. The summed E-state index contributed by atoms with van der Waals surface area (Å²) in [6.07, 6.45) is 3.68. The van der Waals surface area contributed by atoms with Gasteiger partial charge in [-0.15, -0.1) is 0 Å². The standard InChI is InChI=1S/C20H17FN6O/c21-14-8-7-13(26-18(14)20(23)28)10-15(22)19-17(6-3-9-24-19)27-16-5-2-1-4-12(16)11-25-27/h1-9,11,15H,10,22H2,(H2,23,28)/t15-/m0/s1. The smallest absolute Gasteiger partial charge is 0.270 e. The Balaban J connectivity index is 1.71. The van der Waals surface area contributed by atoms with E-state index in [-0.39, 0.29) is 6.42 Å². The largest absolute Gasteiger partial charge is 0.364 e. The molecule has 0 spiro atoms. The summed E-state index contributed by atoms with van der Waals surface area (Å²) in [4.78, 5) is 19.8. The summed E-state index contributed by atoms with van der Waals surface area (Å²) >= 11 is 0. The molecule has 7 nitrogen and oxygen atoms in total. The SMILES string of the molecule is NC(=O)c1nc(C[C@H](N)c2ncccc2-n2ncc3ccccc32)ccc1F. The molecule has 0 unspecified atom stereocenters. The molecule has 1 atom stereocenters. The van der Waals surface area contributed by atoms with E-state index in [2.05, 4.69) is 15.1 Å². The number of benzene rings is 1. The quantitative estimate of drug-likeness (QED) is 0.555. The van der Waals surface area contributed by atoms with E-state index in [1.54, 1.807) is 17.1 Å². The van der Waals surface area contributed by atoms with Crippen LogP contribution in [-0.4, -0.2) is 25.7 Å². The van der Waals surface area contributed by atoms with Gasteiger partial charge in [0.2, 0.25) is 0 Å². The van der Waals surface area contributed by atoms with Crippen molar-refractivity contribution in [2.45, 2.75) is 12.5 Å². The van der Waals surface area contributed by atoms with Gasteiger partial charge in [0.1, 0.15) is 0 Å². The van der Waals surface area contributed by atoms with Gasteiger partial charge in [0.15, 0.2) is 11.5 Å². The van der Waals surface area contributed by atoms with Gasteiger partial charge in [-0.1, -0.05) is 18.2 Å². The highest BCUT2D eigenvalue weighted by atomic mass is 19.1. The van der Waals surface area contributed by atoms with Crippen LogP contribution in [0.5, 0.6) is 0 Å². The van der Waals surface area contributed by atoms with Crippen LogP contribution < -0.4 is 11.5 Å². The van der Waals surface area contributed by atoms with Crippen LogP contribution in [0.15, 0.2) is 60.9 Å². The van der Waals surface area contributed by atoms with E-state index in [0.717, 1.165) is 22.7 Å². The van der Waals surface area contributed by atoms with Crippen molar-refractivity contribution in [2.24, 2.45) is 11.5 Å². The third-order valence-electron chi connectivity index (χ3n) is 4.44. The van der Waals surface area contributed by atoms with Crippen LogP contribution in [-0.2, 0) is 6.42 Å². The van der Waals surface area contributed by atoms with Gasteiger partial charge in [-0.3, -0.25) is 9.78 Å². The molecule has 0 aliphatic heterocycles. The zero-order valence-corrected chi connectivity index (χ0v) is 14.8. The second kappa shape index (κ2) is 7.16. The molecule has 0 fully saturated rings. The first-order chi connectivity index (χ1) is 13.5. The predicted molar refractivity (Wildman–Crippen MR) is 102 cm³/mol. The molecule has 0 bridgehead atoms. The summed E-state index contributed by atoms with van der Waals surface area (Å²) in [5.74, 6) is -1.68. The minimum absolute atomic E-state index is 0.254. The number of amides is 1. The Morgan fingerprint density at radius 1 is 1.14 bits per heavy atom. The first-order valence-corrected chi connectivity index (χ1v) is 8.63. The molecule has 0 saturated carbocycles. The zero-order chi connectivity index (χ0) is 19.7. The number of hydrogen-bond acceptors (Lipinski definition) is 5. The Morgan fingerprint density at radius 2 is 1.96 bits per heavy atom. The molecule has 1 amide bonds. The average Bonchev–Trinajstić information content (AvgIpc) is 3.13. The zero-order valence-electron chi connectivity index (χ0n) is 14.8.